The summed E-state index contributed by atoms with van der Waals surface area (Å²) in [5.41, 5.74) is 9.03. The number of aryl methyl sites for hydroxylation is 2. The molecule has 0 aliphatic rings. The molecule has 0 amide bonds. The zero-order valence-electron chi connectivity index (χ0n) is 14.4. The fourth-order valence-corrected chi connectivity index (χ4v) is 3.56. The molecule has 2 aromatic carbocycles. The van der Waals surface area contributed by atoms with Crippen molar-refractivity contribution in [1.82, 2.24) is 4.98 Å². The lowest BCUT2D eigenvalue weighted by atomic mass is 9.98. The molecule has 0 radical (unpaired) electrons. The number of nitrogens with two attached hydrogens (primary N) is 1. The van der Waals surface area contributed by atoms with E-state index in [1.54, 1.807) is 6.07 Å². The van der Waals surface area contributed by atoms with Crippen molar-refractivity contribution in [1.29, 1.82) is 0 Å². The maximum absolute atomic E-state index is 13.1. The number of nitrogens with one attached hydrogen (secondary N) is 1. The fourth-order valence-electron chi connectivity index (χ4n) is 3.29. The Morgan fingerprint density at radius 1 is 1.12 bits per heavy atom. The first-order valence-electron chi connectivity index (χ1n) is 8.49. The SMILES string of the molecule is Cc1cc(Cl)cc2c(CCCCN)c(-c3cccc(C(F)(F)F)c3)[nH]c12. The van der Waals surface area contributed by atoms with Crippen LogP contribution in [-0.4, -0.2) is 11.5 Å². The van der Waals surface area contributed by atoms with Crippen molar-refractivity contribution in [3.63, 3.8) is 0 Å². The number of hydrogen-bond donors (Lipinski definition) is 2. The maximum Gasteiger partial charge on any atom is 0.416 e. The molecule has 0 atom stereocenters. The van der Waals surface area contributed by atoms with Gasteiger partial charge >= 0.3 is 6.18 Å². The van der Waals surface area contributed by atoms with Crippen LogP contribution in [0.4, 0.5) is 13.2 Å². The van der Waals surface area contributed by atoms with E-state index in [0.717, 1.165) is 47.4 Å². The maximum atomic E-state index is 13.1. The minimum absolute atomic E-state index is 0.522. The fraction of sp³-hybridized carbons (Fsp3) is 0.300. The molecule has 6 heteroatoms. The number of alkyl halides is 3. The topological polar surface area (TPSA) is 41.8 Å². The van der Waals surface area contributed by atoms with Gasteiger partial charge in [0.05, 0.1) is 5.56 Å². The highest BCUT2D eigenvalue weighted by Gasteiger charge is 2.30. The molecule has 138 valence electrons. The third-order valence-corrected chi connectivity index (χ3v) is 4.75. The van der Waals surface area contributed by atoms with Crippen molar-refractivity contribution >= 4 is 22.5 Å². The lowest BCUT2D eigenvalue weighted by molar-refractivity contribution is -0.137. The lowest BCUT2D eigenvalue weighted by Crippen LogP contribution is -2.04. The van der Waals surface area contributed by atoms with Crippen molar-refractivity contribution in [2.45, 2.75) is 32.4 Å². The van der Waals surface area contributed by atoms with Crippen LogP contribution in [0.1, 0.15) is 29.5 Å². The molecule has 3 aromatic rings. The molecule has 0 aliphatic heterocycles. The highest BCUT2D eigenvalue weighted by atomic mass is 35.5. The molecule has 0 saturated heterocycles. The van der Waals surface area contributed by atoms with Crippen LogP contribution in [0.15, 0.2) is 36.4 Å². The molecular weight excluding hydrogens is 361 g/mol. The quantitative estimate of drug-likeness (QED) is 0.516. The lowest BCUT2D eigenvalue weighted by Gasteiger charge is -2.10. The number of halogens is 4. The Labute approximate surface area is 155 Å². The molecule has 0 saturated carbocycles. The molecule has 1 heterocycles. The Bertz CT molecular complexity index is 929. The van der Waals surface area contributed by atoms with Crippen LogP contribution in [0.3, 0.4) is 0 Å². The number of aromatic amines is 1. The molecular formula is C20H20ClF3N2. The number of rotatable bonds is 5. The second-order valence-corrected chi connectivity index (χ2v) is 6.88. The molecule has 0 unspecified atom stereocenters. The summed E-state index contributed by atoms with van der Waals surface area (Å²) in [5, 5.41) is 1.57. The molecule has 0 fully saturated rings. The van der Waals surface area contributed by atoms with E-state index in [0.29, 0.717) is 22.8 Å². The molecule has 3 rings (SSSR count). The van der Waals surface area contributed by atoms with Gasteiger partial charge in [0.1, 0.15) is 0 Å². The van der Waals surface area contributed by atoms with Gasteiger partial charge in [0.15, 0.2) is 0 Å². The van der Waals surface area contributed by atoms with Gasteiger partial charge in [0.25, 0.3) is 0 Å². The number of H-pyrrole nitrogens is 1. The van der Waals surface area contributed by atoms with Crippen LogP contribution in [0.25, 0.3) is 22.2 Å². The standard InChI is InChI=1S/C20H20ClF3N2/c1-12-9-15(21)11-17-16(7-2-3-8-25)19(26-18(12)17)13-5-4-6-14(10-13)20(22,23)24/h4-6,9-11,26H,2-3,7-8,25H2,1H3. The van der Waals surface area contributed by atoms with E-state index >= 15 is 0 Å². The predicted octanol–water partition coefficient (Wildman–Crippen LogP) is 6.10. The zero-order chi connectivity index (χ0) is 18.9. The molecule has 0 bridgehead atoms. The van der Waals surface area contributed by atoms with Gasteiger partial charge in [-0.1, -0.05) is 23.7 Å². The predicted molar refractivity (Wildman–Crippen MR) is 100 cm³/mol. The monoisotopic (exact) mass is 380 g/mol. The third-order valence-electron chi connectivity index (χ3n) is 4.54. The van der Waals surface area contributed by atoms with Crippen LogP contribution in [0, 0.1) is 6.92 Å². The van der Waals surface area contributed by atoms with Gasteiger partial charge < -0.3 is 10.7 Å². The molecule has 3 N–H and O–H groups in total. The largest absolute Gasteiger partial charge is 0.416 e. The summed E-state index contributed by atoms with van der Waals surface area (Å²) in [4.78, 5) is 3.32. The summed E-state index contributed by atoms with van der Waals surface area (Å²) in [5.74, 6) is 0. The van der Waals surface area contributed by atoms with E-state index < -0.39 is 11.7 Å². The minimum atomic E-state index is -4.37. The van der Waals surface area contributed by atoms with Crippen LogP contribution < -0.4 is 5.73 Å². The van der Waals surface area contributed by atoms with Gasteiger partial charge in [-0.25, -0.2) is 0 Å². The first kappa shape index (κ1) is 18.8. The Morgan fingerprint density at radius 2 is 1.88 bits per heavy atom. The Kier molecular flexibility index (Phi) is 5.30. The van der Waals surface area contributed by atoms with Gasteiger partial charge in [0, 0.05) is 21.6 Å². The minimum Gasteiger partial charge on any atom is -0.354 e. The number of unbranched alkanes of at least 4 members (excludes halogenated alkanes) is 1. The average molecular weight is 381 g/mol. The molecule has 26 heavy (non-hydrogen) atoms. The summed E-state index contributed by atoms with van der Waals surface area (Å²) in [7, 11) is 0. The zero-order valence-corrected chi connectivity index (χ0v) is 15.1. The summed E-state index contributed by atoms with van der Waals surface area (Å²) in [6.07, 6.45) is -1.93. The Morgan fingerprint density at radius 3 is 2.58 bits per heavy atom. The van der Waals surface area contributed by atoms with Gasteiger partial charge in [-0.05, 0) is 73.7 Å². The first-order valence-corrected chi connectivity index (χ1v) is 8.87. The summed E-state index contributed by atoms with van der Waals surface area (Å²) < 4.78 is 39.3. The highest BCUT2D eigenvalue weighted by molar-refractivity contribution is 6.31. The Hall–Kier alpha value is -1.98. The summed E-state index contributed by atoms with van der Waals surface area (Å²) in [6.45, 7) is 2.52. The molecule has 1 aromatic heterocycles. The molecule has 2 nitrogen and oxygen atoms in total. The summed E-state index contributed by atoms with van der Waals surface area (Å²) >= 11 is 6.21. The number of hydrogen-bond acceptors (Lipinski definition) is 1. The van der Waals surface area contributed by atoms with E-state index in [9.17, 15) is 13.2 Å². The van der Waals surface area contributed by atoms with E-state index in [1.165, 1.54) is 12.1 Å². The van der Waals surface area contributed by atoms with E-state index in [-0.39, 0.29) is 0 Å². The molecule has 0 aliphatic carbocycles. The highest BCUT2D eigenvalue weighted by Crippen LogP contribution is 2.37. The van der Waals surface area contributed by atoms with E-state index in [1.807, 2.05) is 19.1 Å². The van der Waals surface area contributed by atoms with Crippen molar-refractivity contribution < 1.29 is 13.2 Å². The smallest absolute Gasteiger partial charge is 0.354 e. The normalized spacial score (nSPS) is 12.1. The number of aromatic nitrogens is 1. The van der Waals surface area contributed by atoms with Gasteiger partial charge in [-0.3, -0.25) is 0 Å². The van der Waals surface area contributed by atoms with Crippen LogP contribution in [0.2, 0.25) is 5.02 Å². The van der Waals surface area contributed by atoms with E-state index in [2.05, 4.69) is 4.98 Å². The second-order valence-electron chi connectivity index (χ2n) is 6.45. The summed E-state index contributed by atoms with van der Waals surface area (Å²) in [6, 6.07) is 9.13. The van der Waals surface area contributed by atoms with Crippen molar-refractivity contribution in [3.8, 4) is 11.3 Å². The Balaban J connectivity index is 2.18. The van der Waals surface area contributed by atoms with Gasteiger partial charge in [0.2, 0.25) is 0 Å². The first-order chi connectivity index (χ1) is 12.3. The van der Waals surface area contributed by atoms with Crippen LogP contribution in [0.5, 0.6) is 0 Å². The molecule has 0 spiro atoms. The number of fused-ring (bicyclic) bond motifs is 1. The van der Waals surface area contributed by atoms with E-state index in [4.69, 9.17) is 17.3 Å². The van der Waals surface area contributed by atoms with Crippen LogP contribution >= 0.6 is 11.6 Å². The van der Waals surface area contributed by atoms with Crippen molar-refractivity contribution in [3.05, 3.63) is 58.1 Å². The second kappa shape index (κ2) is 7.33. The van der Waals surface area contributed by atoms with Crippen molar-refractivity contribution in [2.75, 3.05) is 6.54 Å². The van der Waals surface area contributed by atoms with Gasteiger partial charge in [-0.2, -0.15) is 13.2 Å². The average Bonchev–Trinajstić information content (AvgIpc) is 2.93. The van der Waals surface area contributed by atoms with Gasteiger partial charge in [-0.15, -0.1) is 0 Å². The van der Waals surface area contributed by atoms with Crippen molar-refractivity contribution in [2.24, 2.45) is 5.73 Å². The third kappa shape index (κ3) is 3.74. The van der Waals surface area contributed by atoms with Crippen LogP contribution in [-0.2, 0) is 12.6 Å². The number of benzene rings is 2.